The minimum Gasteiger partial charge on any atom is -0.478 e. The van der Waals surface area contributed by atoms with Gasteiger partial charge < -0.3 is 9.47 Å². The quantitative estimate of drug-likeness (QED) is 0.181. The van der Waals surface area contributed by atoms with Crippen molar-refractivity contribution in [3.8, 4) is 5.88 Å². The van der Waals surface area contributed by atoms with Crippen molar-refractivity contribution in [1.82, 2.24) is 4.98 Å². The third-order valence-electron chi connectivity index (χ3n) is 4.51. The second-order valence-electron chi connectivity index (χ2n) is 6.87. The molecule has 0 fully saturated rings. The van der Waals surface area contributed by atoms with E-state index in [0.717, 1.165) is 49.4 Å². The molecule has 29 heavy (non-hydrogen) atoms. The number of pyridine rings is 1. The van der Waals surface area contributed by atoms with Gasteiger partial charge in [-0.1, -0.05) is 49.6 Å². The van der Waals surface area contributed by atoms with Gasteiger partial charge in [0.1, 0.15) is 0 Å². The highest BCUT2D eigenvalue weighted by Gasteiger charge is 2.11. The van der Waals surface area contributed by atoms with Gasteiger partial charge in [-0.2, -0.15) is 4.39 Å². The number of para-hydroxylation sites is 1. The molecule has 0 aliphatic heterocycles. The Labute approximate surface area is 172 Å². The number of halogens is 1. The smallest absolute Gasteiger partial charge is 0.367 e. The summed E-state index contributed by atoms with van der Waals surface area (Å²) in [4.78, 5) is 15.8. The molecule has 1 aromatic heterocycles. The van der Waals surface area contributed by atoms with Crippen LogP contribution < -0.4 is 4.74 Å². The summed E-state index contributed by atoms with van der Waals surface area (Å²) in [6.07, 6.45) is 9.81. The molecule has 1 aromatic carbocycles. The first-order valence-electron chi connectivity index (χ1n) is 10.3. The maximum atomic E-state index is 13.7. The molecule has 0 bridgehead atoms. The van der Waals surface area contributed by atoms with E-state index < -0.39 is 11.8 Å². The Morgan fingerprint density at radius 1 is 1.07 bits per heavy atom. The van der Waals surface area contributed by atoms with E-state index in [0.29, 0.717) is 18.1 Å². The van der Waals surface area contributed by atoms with Crippen LogP contribution in [0.15, 0.2) is 60.0 Å². The fourth-order valence-electron chi connectivity index (χ4n) is 2.89. The van der Waals surface area contributed by atoms with Crippen molar-refractivity contribution in [1.29, 1.82) is 0 Å². The van der Waals surface area contributed by atoms with Crippen molar-refractivity contribution >= 4 is 16.9 Å². The first kappa shape index (κ1) is 22.6. The number of ether oxygens (including phenoxy) is 2. The summed E-state index contributed by atoms with van der Waals surface area (Å²) in [6, 6.07) is 11.9. The number of unbranched alkanes of at least 4 members (excludes halogenated alkanes) is 5. The van der Waals surface area contributed by atoms with Crippen LogP contribution in [0.1, 0.15) is 52.4 Å². The molecule has 2 rings (SSSR count). The van der Waals surface area contributed by atoms with Gasteiger partial charge >= 0.3 is 5.97 Å². The van der Waals surface area contributed by atoms with E-state index in [-0.39, 0.29) is 6.61 Å². The van der Waals surface area contributed by atoms with E-state index in [1.807, 2.05) is 42.5 Å². The molecule has 0 aliphatic rings. The maximum absolute atomic E-state index is 13.7. The van der Waals surface area contributed by atoms with Gasteiger partial charge in [0.05, 0.1) is 18.7 Å². The van der Waals surface area contributed by atoms with Crippen LogP contribution in [0.3, 0.4) is 0 Å². The van der Waals surface area contributed by atoms with Crippen molar-refractivity contribution < 1.29 is 18.7 Å². The predicted molar refractivity (Wildman–Crippen MR) is 115 cm³/mol. The monoisotopic (exact) mass is 399 g/mol. The molecule has 0 radical (unpaired) electrons. The topological polar surface area (TPSA) is 48.4 Å². The summed E-state index contributed by atoms with van der Waals surface area (Å²) in [5.41, 5.74) is 1.26. The van der Waals surface area contributed by atoms with Gasteiger partial charge in [-0.3, -0.25) is 0 Å². The Kier molecular flexibility index (Phi) is 9.90. The Morgan fingerprint density at radius 3 is 2.66 bits per heavy atom. The highest BCUT2D eigenvalue weighted by molar-refractivity contribution is 5.87. The van der Waals surface area contributed by atoms with Crippen LogP contribution in [0.2, 0.25) is 0 Å². The number of fused-ring (bicyclic) bond motifs is 1. The van der Waals surface area contributed by atoms with Crippen LogP contribution in [-0.4, -0.2) is 24.2 Å². The van der Waals surface area contributed by atoms with Crippen molar-refractivity contribution in [3.63, 3.8) is 0 Å². The summed E-state index contributed by atoms with van der Waals surface area (Å²) in [6.45, 7) is 4.07. The Bertz CT molecular complexity index is 845. The summed E-state index contributed by atoms with van der Waals surface area (Å²) in [5, 5.41) is 1.11. The molecule has 4 nitrogen and oxygen atoms in total. The molecule has 0 unspecified atom stereocenters. The molecule has 156 valence electrons. The van der Waals surface area contributed by atoms with Gasteiger partial charge in [0.15, 0.2) is 0 Å². The number of hydrogen-bond acceptors (Lipinski definition) is 4. The van der Waals surface area contributed by atoms with E-state index in [1.54, 1.807) is 19.9 Å². The maximum Gasteiger partial charge on any atom is 0.367 e. The molecule has 0 atom stereocenters. The lowest BCUT2D eigenvalue weighted by atomic mass is 10.1. The van der Waals surface area contributed by atoms with E-state index in [1.165, 1.54) is 0 Å². The van der Waals surface area contributed by atoms with E-state index >= 15 is 0 Å². The van der Waals surface area contributed by atoms with Gasteiger partial charge in [0, 0.05) is 11.5 Å². The van der Waals surface area contributed by atoms with Gasteiger partial charge in [0.2, 0.25) is 11.7 Å². The average molecular weight is 400 g/mol. The largest absolute Gasteiger partial charge is 0.478 e. The third kappa shape index (κ3) is 8.06. The Morgan fingerprint density at radius 2 is 1.83 bits per heavy atom. The first-order valence-corrected chi connectivity index (χ1v) is 10.3. The number of carbonyl (C=O) groups excluding carboxylic acids is 1. The second-order valence-corrected chi connectivity index (χ2v) is 6.87. The van der Waals surface area contributed by atoms with Crippen LogP contribution in [0.5, 0.6) is 5.88 Å². The molecule has 5 heteroatoms. The fourth-order valence-corrected chi connectivity index (χ4v) is 2.89. The van der Waals surface area contributed by atoms with Gasteiger partial charge in [-0.15, -0.1) is 0 Å². The van der Waals surface area contributed by atoms with E-state index in [2.05, 4.69) is 9.72 Å². The lowest BCUT2D eigenvalue weighted by molar-refractivity contribution is -0.140. The van der Waals surface area contributed by atoms with Crippen molar-refractivity contribution in [2.75, 3.05) is 13.2 Å². The van der Waals surface area contributed by atoms with Crippen molar-refractivity contribution in [2.24, 2.45) is 0 Å². The molecule has 1 heterocycles. The zero-order valence-corrected chi connectivity index (χ0v) is 17.3. The van der Waals surface area contributed by atoms with Crippen LogP contribution >= 0.6 is 0 Å². The fraction of sp³-hybridized carbons (Fsp3) is 0.417. The van der Waals surface area contributed by atoms with E-state index in [9.17, 15) is 9.18 Å². The minimum absolute atomic E-state index is 0.174. The second kappa shape index (κ2) is 12.7. The molecule has 0 N–H and O–H groups in total. The SMILES string of the molecule is CCOC(=O)C(F)=C(C)C=CCCCCCCCOc1ccc2ccccc2n1. The molecule has 0 saturated heterocycles. The highest BCUT2D eigenvalue weighted by Crippen LogP contribution is 2.16. The van der Waals surface area contributed by atoms with Crippen molar-refractivity contribution in [3.05, 3.63) is 60.0 Å². The van der Waals surface area contributed by atoms with Crippen LogP contribution in [0, 0.1) is 0 Å². The standard InChI is InChI=1S/C24H30FNO3/c1-3-28-24(27)23(25)19(2)13-9-7-5-4-6-8-12-18-29-22-17-16-20-14-10-11-15-21(20)26-22/h9-11,13-17H,3-8,12,18H2,1-2H3. The van der Waals surface area contributed by atoms with Gasteiger partial charge in [-0.05, 0) is 50.8 Å². The molecule has 0 spiro atoms. The number of allylic oxidation sites excluding steroid dienone is 3. The predicted octanol–water partition coefficient (Wildman–Crippen LogP) is 6.32. The number of esters is 1. The Hall–Kier alpha value is -2.69. The number of aromatic nitrogens is 1. The number of benzene rings is 1. The number of rotatable bonds is 12. The summed E-state index contributed by atoms with van der Waals surface area (Å²) in [7, 11) is 0. The zero-order chi connectivity index (χ0) is 20.9. The zero-order valence-electron chi connectivity index (χ0n) is 17.3. The average Bonchev–Trinajstić information content (AvgIpc) is 2.74. The third-order valence-corrected chi connectivity index (χ3v) is 4.51. The molecule has 0 saturated carbocycles. The summed E-state index contributed by atoms with van der Waals surface area (Å²) < 4.78 is 24.0. The minimum atomic E-state index is -0.893. The van der Waals surface area contributed by atoms with E-state index in [4.69, 9.17) is 4.74 Å². The molecule has 0 amide bonds. The summed E-state index contributed by atoms with van der Waals surface area (Å²) in [5.74, 6) is -1.04. The lowest BCUT2D eigenvalue weighted by Crippen LogP contribution is -2.05. The summed E-state index contributed by atoms with van der Waals surface area (Å²) >= 11 is 0. The number of carbonyl (C=O) groups is 1. The van der Waals surface area contributed by atoms with Gasteiger partial charge in [-0.25, -0.2) is 9.78 Å². The normalized spacial score (nSPS) is 12.2. The molecule has 2 aromatic rings. The molecular weight excluding hydrogens is 369 g/mol. The Balaban J connectivity index is 1.54. The highest BCUT2D eigenvalue weighted by atomic mass is 19.1. The van der Waals surface area contributed by atoms with Crippen LogP contribution in [0.4, 0.5) is 4.39 Å². The van der Waals surface area contributed by atoms with Crippen LogP contribution in [-0.2, 0) is 9.53 Å². The first-order chi connectivity index (χ1) is 14.1. The molecule has 0 aliphatic carbocycles. The number of nitrogens with zero attached hydrogens (tertiary/aromatic N) is 1. The van der Waals surface area contributed by atoms with Gasteiger partial charge in [0.25, 0.3) is 0 Å². The van der Waals surface area contributed by atoms with Crippen LogP contribution in [0.25, 0.3) is 10.9 Å². The number of hydrogen-bond donors (Lipinski definition) is 0. The molecular formula is C24H30FNO3. The van der Waals surface area contributed by atoms with Crippen molar-refractivity contribution in [2.45, 2.75) is 52.4 Å². The lowest BCUT2D eigenvalue weighted by Gasteiger charge is -2.06.